The van der Waals surface area contributed by atoms with Gasteiger partial charge in [-0.1, -0.05) is 55.7 Å². The summed E-state index contributed by atoms with van der Waals surface area (Å²) < 4.78 is 0. The highest BCUT2D eigenvalue weighted by atomic mass is 14.9. The second kappa shape index (κ2) is 8.17. The largest absolute Gasteiger partial charge is 0.385 e. The van der Waals surface area contributed by atoms with E-state index in [1.165, 1.54) is 0 Å². The first-order valence-electron chi connectivity index (χ1n) is 8.70. The number of benzene rings is 1. The second-order valence-electron chi connectivity index (χ2n) is 5.89. The van der Waals surface area contributed by atoms with E-state index >= 15 is 0 Å². The van der Waals surface area contributed by atoms with Crippen LogP contribution in [0.5, 0.6) is 0 Å². The fraction of sp³-hybridized carbons (Fsp3) is 0.0870. The molecule has 2 N–H and O–H groups in total. The van der Waals surface area contributed by atoms with Crippen LogP contribution in [-0.4, -0.2) is 16.5 Å². The van der Waals surface area contributed by atoms with Crippen LogP contribution >= 0.6 is 0 Å². The number of allylic oxidation sites excluding steroid dienone is 6. The average Bonchev–Trinajstić information content (AvgIpc) is 3.09. The molecular weight excluding hydrogens is 318 g/mol. The summed E-state index contributed by atoms with van der Waals surface area (Å²) >= 11 is 0. The van der Waals surface area contributed by atoms with Crippen molar-refractivity contribution in [3.8, 4) is 11.1 Å². The van der Waals surface area contributed by atoms with Crippen LogP contribution in [0, 0.1) is 0 Å². The van der Waals surface area contributed by atoms with E-state index in [4.69, 9.17) is 0 Å². The number of hydrogen-bond donors (Lipinski definition) is 2. The lowest BCUT2D eigenvalue weighted by Gasteiger charge is -2.07. The van der Waals surface area contributed by atoms with Gasteiger partial charge in [0.2, 0.25) is 0 Å². The zero-order valence-corrected chi connectivity index (χ0v) is 15.0. The summed E-state index contributed by atoms with van der Waals surface area (Å²) in [6.45, 7) is 10.6. The Morgan fingerprint density at radius 3 is 2.85 bits per heavy atom. The summed E-state index contributed by atoms with van der Waals surface area (Å²) in [5, 5.41) is 4.44. The maximum Gasteiger partial charge on any atom is 0.137 e. The highest BCUT2D eigenvalue weighted by Crippen LogP contribution is 2.30. The SMILES string of the molecule is C=C/C=C\C(=C/C=C)c1c[nH]c2ncc(-c3cccc(NCC)c3)cc12. The van der Waals surface area contributed by atoms with Crippen LogP contribution in [0.4, 0.5) is 5.69 Å². The maximum absolute atomic E-state index is 4.60. The smallest absolute Gasteiger partial charge is 0.137 e. The number of anilines is 1. The molecule has 0 saturated carbocycles. The molecule has 0 aliphatic heterocycles. The minimum atomic E-state index is 0.869. The summed E-state index contributed by atoms with van der Waals surface area (Å²) in [6.07, 6.45) is 13.4. The molecular formula is C23H23N3. The number of fused-ring (bicyclic) bond motifs is 1. The van der Waals surface area contributed by atoms with Gasteiger partial charge >= 0.3 is 0 Å². The van der Waals surface area contributed by atoms with Crippen LogP contribution in [0.15, 0.2) is 86.3 Å². The van der Waals surface area contributed by atoms with Crippen molar-refractivity contribution in [3.63, 3.8) is 0 Å². The average molecular weight is 341 g/mol. The minimum absolute atomic E-state index is 0.869. The van der Waals surface area contributed by atoms with E-state index in [-0.39, 0.29) is 0 Å². The highest BCUT2D eigenvalue weighted by Gasteiger charge is 2.09. The van der Waals surface area contributed by atoms with Crippen molar-refractivity contribution in [1.29, 1.82) is 0 Å². The van der Waals surface area contributed by atoms with Crippen molar-refractivity contribution in [2.24, 2.45) is 0 Å². The number of pyridine rings is 1. The number of aromatic amines is 1. The number of nitrogens with zero attached hydrogens (tertiary/aromatic N) is 1. The van der Waals surface area contributed by atoms with Crippen LogP contribution in [0.1, 0.15) is 12.5 Å². The highest BCUT2D eigenvalue weighted by molar-refractivity contribution is 5.95. The lowest BCUT2D eigenvalue weighted by atomic mass is 10.0. The van der Waals surface area contributed by atoms with Gasteiger partial charge in [0.25, 0.3) is 0 Å². The maximum atomic E-state index is 4.60. The molecule has 0 atom stereocenters. The minimum Gasteiger partial charge on any atom is -0.385 e. The Kier molecular flexibility index (Phi) is 5.49. The Morgan fingerprint density at radius 1 is 1.19 bits per heavy atom. The molecule has 0 fully saturated rings. The summed E-state index contributed by atoms with van der Waals surface area (Å²) in [7, 11) is 0. The van der Waals surface area contributed by atoms with Crippen LogP contribution in [0.2, 0.25) is 0 Å². The van der Waals surface area contributed by atoms with Gasteiger partial charge in [0, 0.05) is 41.1 Å². The number of H-pyrrole nitrogens is 1. The monoisotopic (exact) mass is 341 g/mol. The Hall–Kier alpha value is -3.33. The Labute approximate surface area is 154 Å². The molecule has 0 aliphatic rings. The fourth-order valence-corrected chi connectivity index (χ4v) is 2.95. The van der Waals surface area contributed by atoms with E-state index in [1.807, 2.05) is 30.6 Å². The molecule has 1 aromatic carbocycles. The second-order valence-corrected chi connectivity index (χ2v) is 5.89. The molecule has 3 rings (SSSR count). The van der Waals surface area contributed by atoms with Gasteiger partial charge in [0.05, 0.1) is 0 Å². The molecule has 0 spiro atoms. The number of aromatic nitrogens is 2. The zero-order valence-electron chi connectivity index (χ0n) is 15.0. The molecule has 0 unspecified atom stereocenters. The van der Waals surface area contributed by atoms with E-state index < -0.39 is 0 Å². The van der Waals surface area contributed by atoms with Gasteiger partial charge in [-0.3, -0.25) is 0 Å². The van der Waals surface area contributed by atoms with Crippen molar-refractivity contribution in [2.45, 2.75) is 6.92 Å². The van der Waals surface area contributed by atoms with Crippen LogP contribution in [0.25, 0.3) is 27.7 Å². The van der Waals surface area contributed by atoms with Gasteiger partial charge in [-0.15, -0.1) is 0 Å². The topological polar surface area (TPSA) is 40.7 Å². The summed E-state index contributed by atoms with van der Waals surface area (Å²) in [4.78, 5) is 7.86. The van der Waals surface area contributed by atoms with Gasteiger partial charge < -0.3 is 10.3 Å². The van der Waals surface area contributed by atoms with Gasteiger partial charge in [-0.2, -0.15) is 0 Å². The molecule has 130 valence electrons. The predicted octanol–water partition coefficient (Wildman–Crippen LogP) is 5.97. The van der Waals surface area contributed by atoms with E-state index in [2.05, 4.69) is 65.7 Å². The van der Waals surface area contributed by atoms with E-state index in [0.29, 0.717) is 0 Å². The molecule has 2 heterocycles. The first-order valence-corrected chi connectivity index (χ1v) is 8.70. The van der Waals surface area contributed by atoms with Gasteiger partial charge in [0.15, 0.2) is 0 Å². The Morgan fingerprint density at radius 2 is 2.08 bits per heavy atom. The summed E-state index contributed by atoms with van der Waals surface area (Å²) in [6, 6.07) is 10.6. The van der Waals surface area contributed by atoms with Crippen LogP contribution in [0.3, 0.4) is 0 Å². The third kappa shape index (κ3) is 3.67. The van der Waals surface area contributed by atoms with E-state index in [0.717, 1.165) is 45.5 Å². The molecule has 0 radical (unpaired) electrons. The van der Waals surface area contributed by atoms with E-state index in [9.17, 15) is 0 Å². The van der Waals surface area contributed by atoms with Crippen LogP contribution < -0.4 is 5.32 Å². The molecule has 0 bridgehead atoms. The molecule has 2 aromatic heterocycles. The van der Waals surface area contributed by atoms with Crippen molar-refractivity contribution < 1.29 is 0 Å². The first kappa shape index (κ1) is 17.5. The summed E-state index contributed by atoms with van der Waals surface area (Å²) in [5.74, 6) is 0. The van der Waals surface area contributed by atoms with E-state index in [1.54, 1.807) is 12.2 Å². The van der Waals surface area contributed by atoms with Crippen molar-refractivity contribution in [1.82, 2.24) is 9.97 Å². The first-order chi connectivity index (χ1) is 12.8. The van der Waals surface area contributed by atoms with Gasteiger partial charge in [-0.25, -0.2) is 4.98 Å². The number of rotatable bonds is 7. The van der Waals surface area contributed by atoms with Crippen molar-refractivity contribution >= 4 is 22.3 Å². The third-order valence-electron chi connectivity index (χ3n) is 4.13. The van der Waals surface area contributed by atoms with Crippen molar-refractivity contribution in [3.05, 3.63) is 91.8 Å². The van der Waals surface area contributed by atoms with Gasteiger partial charge in [-0.05, 0) is 36.3 Å². The fourth-order valence-electron chi connectivity index (χ4n) is 2.95. The molecule has 3 nitrogen and oxygen atoms in total. The van der Waals surface area contributed by atoms with Crippen molar-refractivity contribution in [2.75, 3.05) is 11.9 Å². The molecule has 0 amide bonds. The molecule has 0 aliphatic carbocycles. The predicted molar refractivity (Wildman–Crippen MR) is 113 cm³/mol. The van der Waals surface area contributed by atoms with Gasteiger partial charge in [0.1, 0.15) is 5.65 Å². The molecule has 0 saturated heterocycles. The quantitative estimate of drug-likeness (QED) is 0.519. The zero-order chi connectivity index (χ0) is 18.4. The summed E-state index contributed by atoms with van der Waals surface area (Å²) in [5.41, 5.74) is 6.36. The number of nitrogens with one attached hydrogen (secondary N) is 2. The lowest BCUT2D eigenvalue weighted by molar-refractivity contribution is 1.21. The Balaban J connectivity index is 2.09. The third-order valence-corrected chi connectivity index (χ3v) is 4.13. The molecule has 26 heavy (non-hydrogen) atoms. The number of hydrogen-bond acceptors (Lipinski definition) is 2. The Bertz CT molecular complexity index is 990. The lowest BCUT2D eigenvalue weighted by Crippen LogP contribution is -1.96. The standard InChI is InChI=1S/C23H23N3/c1-4-7-10-17(9-5-2)22-16-26-23-21(22)14-19(15-25-23)18-11-8-12-20(13-18)24-6-3/h4-5,7-16,24H,1-2,6H2,3H3,(H,25,26)/b10-7-,17-9+. The molecule has 3 aromatic rings. The van der Waals surface area contributed by atoms with Crippen LogP contribution in [-0.2, 0) is 0 Å². The molecule has 3 heteroatoms. The normalized spacial score (nSPS) is 11.8.